The van der Waals surface area contributed by atoms with Gasteiger partial charge in [-0.2, -0.15) is 13.2 Å². The molecule has 1 saturated heterocycles. The molecular formula is C12H23F3N4. The van der Waals surface area contributed by atoms with Crippen molar-refractivity contribution < 1.29 is 13.2 Å². The standard InChI is InChI=1S/C12H23F3N4/c1-3-16-11(17-6-5-12(13,14)15)18-8-10-4-7-19(2)9-10/h10H,3-9H2,1-2H3,(H2,16,17,18). The van der Waals surface area contributed by atoms with E-state index in [4.69, 9.17) is 0 Å². The lowest BCUT2D eigenvalue weighted by molar-refractivity contribution is -0.132. The summed E-state index contributed by atoms with van der Waals surface area (Å²) in [5, 5.41) is 5.68. The Labute approximate surface area is 112 Å². The highest BCUT2D eigenvalue weighted by Crippen LogP contribution is 2.18. The Morgan fingerprint density at radius 3 is 2.63 bits per heavy atom. The highest BCUT2D eigenvalue weighted by Gasteiger charge is 2.26. The van der Waals surface area contributed by atoms with Gasteiger partial charge in [0.1, 0.15) is 0 Å². The summed E-state index contributed by atoms with van der Waals surface area (Å²) in [6.45, 7) is 5.13. The SMILES string of the molecule is CCNC(=NCC1CCN(C)C1)NCCC(F)(F)F. The van der Waals surface area contributed by atoms with E-state index in [1.807, 2.05) is 6.92 Å². The summed E-state index contributed by atoms with van der Waals surface area (Å²) in [5.74, 6) is 0.976. The lowest BCUT2D eigenvalue weighted by atomic mass is 10.1. The van der Waals surface area contributed by atoms with Crippen LogP contribution in [0.2, 0.25) is 0 Å². The van der Waals surface area contributed by atoms with Crippen LogP contribution >= 0.6 is 0 Å². The van der Waals surface area contributed by atoms with Crippen molar-refractivity contribution in [2.45, 2.75) is 25.9 Å². The van der Waals surface area contributed by atoms with Crippen LogP contribution in [0.5, 0.6) is 0 Å². The molecule has 0 aliphatic carbocycles. The van der Waals surface area contributed by atoms with Gasteiger partial charge in [-0.15, -0.1) is 0 Å². The van der Waals surface area contributed by atoms with E-state index in [0.29, 0.717) is 25.0 Å². The maximum Gasteiger partial charge on any atom is 0.390 e. The molecule has 0 saturated carbocycles. The van der Waals surface area contributed by atoms with E-state index in [9.17, 15) is 13.2 Å². The molecule has 1 heterocycles. The maximum absolute atomic E-state index is 12.1. The second-order valence-electron chi connectivity index (χ2n) is 4.93. The zero-order valence-corrected chi connectivity index (χ0v) is 11.6. The molecule has 2 N–H and O–H groups in total. The molecule has 0 amide bonds. The van der Waals surface area contributed by atoms with Crippen molar-refractivity contribution in [1.82, 2.24) is 15.5 Å². The Kier molecular flexibility index (Phi) is 6.41. The van der Waals surface area contributed by atoms with E-state index in [0.717, 1.165) is 19.5 Å². The van der Waals surface area contributed by atoms with Crippen LogP contribution in [-0.2, 0) is 0 Å². The predicted molar refractivity (Wildman–Crippen MR) is 70.3 cm³/mol. The summed E-state index contributed by atoms with van der Waals surface area (Å²) in [6.07, 6.45) is -3.87. The first-order valence-electron chi connectivity index (χ1n) is 6.68. The molecule has 0 aromatic heterocycles. The number of hydrogen-bond acceptors (Lipinski definition) is 2. The summed E-state index contributed by atoms with van der Waals surface area (Å²) in [5.41, 5.74) is 0. The van der Waals surface area contributed by atoms with Crippen molar-refractivity contribution in [1.29, 1.82) is 0 Å². The zero-order valence-electron chi connectivity index (χ0n) is 11.6. The summed E-state index contributed by atoms with van der Waals surface area (Å²) < 4.78 is 36.2. The van der Waals surface area contributed by atoms with Crippen molar-refractivity contribution in [2.75, 3.05) is 39.8 Å². The lowest BCUT2D eigenvalue weighted by Crippen LogP contribution is -2.39. The molecule has 0 aromatic carbocycles. The third-order valence-corrected chi connectivity index (χ3v) is 3.04. The first kappa shape index (κ1) is 16.1. The van der Waals surface area contributed by atoms with Gasteiger partial charge in [0.2, 0.25) is 0 Å². The second kappa shape index (κ2) is 7.57. The van der Waals surface area contributed by atoms with Gasteiger partial charge in [0, 0.05) is 26.2 Å². The van der Waals surface area contributed by atoms with Crippen molar-refractivity contribution in [3.05, 3.63) is 0 Å². The number of nitrogens with one attached hydrogen (secondary N) is 2. The fourth-order valence-corrected chi connectivity index (χ4v) is 2.06. The minimum atomic E-state index is -4.13. The summed E-state index contributed by atoms with van der Waals surface area (Å²) in [7, 11) is 2.07. The van der Waals surface area contributed by atoms with E-state index in [-0.39, 0.29) is 6.54 Å². The first-order chi connectivity index (χ1) is 8.90. The van der Waals surface area contributed by atoms with E-state index < -0.39 is 12.6 Å². The van der Waals surface area contributed by atoms with Crippen LogP contribution in [-0.4, -0.2) is 56.8 Å². The van der Waals surface area contributed by atoms with Gasteiger partial charge in [-0.3, -0.25) is 4.99 Å². The van der Waals surface area contributed by atoms with Crippen LogP contribution in [0.4, 0.5) is 13.2 Å². The number of aliphatic imine (C=N–C) groups is 1. The van der Waals surface area contributed by atoms with Crippen LogP contribution in [0.3, 0.4) is 0 Å². The van der Waals surface area contributed by atoms with E-state index in [1.54, 1.807) is 0 Å². The Bertz CT molecular complexity index is 291. The highest BCUT2D eigenvalue weighted by molar-refractivity contribution is 5.79. The fraction of sp³-hybridized carbons (Fsp3) is 0.917. The summed E-state index contributed by atoms with van der Waals surface area (Å²) >= 11 is 0. The molecule has 1 atom stereocenters. The summed E-state index contributed by atoms with van der Waals surface area (Å²) in [4.78, 5) is 6.59. The highest BCUT2D eigenvalue weighted by atomic mass is 19.4. The lowest BCUT2D eigenvalue weighted by Gasteiger charge is -2.14. The number of guanidine groups is 1. The molecule has 1 rings (SSSR count). The average Bonchev–Trinajstić information content (AvgIpc) is 2.70. The Morgan fingerprint density at radius 2 is 2.11 bits per heavy atom. The number of halogens is 3. The Morgan fingerprint density at radius 1 is 1.37 bits per heavy atom. The van der Waals surface area contributed by atoms with Gasteiger partial charge in [0.25, 0.3) is 0 Å². The van der Waals surface area contributed by atoms with Crippen LogP contribution in [0, 0.1) is 5.92 Å². The van der Waals surface area contributed by atoms with Crippen molar-refractivity contribution >= 4 is 5.96 Å². The zero-order chi connectivity index (χ0) is 14.3. The van der Waals surface area contributed by atoms with Gasteiger partial charge in [-0.1, -0.05) is 0 Å². The number of hydrogen-bond donors (Lipinski definition) is 2. The van der Waals surface area contributed by atoms with Gasteiger partial charge < -0.3 is 15.5 Å². The fourth-order valence-electron chi connectivity index (χ4n) is 2.06. The van der Waals surface area contributed by atoms with Crippen LogP contribution in [0.1, 0.15) is 19.8 Å². The normalized spacial score (nSPS) is 21.7. The third-order valence-electron chi connectivity index (χ3n) is 3.04. The van der Waals surface area contributed by atoms with Crippen molar-refractivity contribution in [2.24, 2.45) is 10.9 Å². The monoisotopic (exact) mass is 280 g/mol. The molecule has 0 spiro atoms. The van der Waals surface area contributed by atoms with Crippen LogP contribution in [0.15, 0.2) is 4.99 Å². The molecular weight excluding hydrogens is 257 g/mol. The largest absolute Gasteiger partial charge is 0.390 e. The quantitative estimate of drug-likeness (QED) is 0.591. The molecule has 19 heavy (non-hydrogen) atoms. The molecule has 0 bridgehead atoms. The molecule has 112 valence electrons. The number of nitrogens with zero attached hydrogens (tertiary/aromatic N) is 2. The summed E-state index contributed by atoms with van der Waals surface area (Å²) in [6, 6.07) is 0. The van der Waals surface area contributed by atoms with Gasteiger partial charge >= 0.3 is 6.18 Å². The molecule has 0 radical (unpaired) electrons. The third kappa shape index (κ3) is 7.25. The van der Waals surface area contributed by atoms with E-state index >= 15 is 0 Å². The maximum atomic E-state index is 12.1. The van der Waals surface area contributed by atoms with Gasteiger partial charge in [0.05, 0.1) is 6.42 Å². The van der Waals surface area contributed by atoms with Gasteiger partial charge in [-0.25, -0.2) is 0 Å². The van der Waals surface area contributed by atoms with E-state index in [1.165, 1.54) is 0 Å². The van der Waals surface area contributed by atoms with Crippen LogP contribution in [0.25, 0.3) is 0 Å². The molecule has 1 aliphatic heterocycles. The van der Waals surface area contributed by atoms with Crippen molar-refractivity contribution in [3.8, 4) is 0 Å². The van der Waals surface area contributed by atoms with Gasteiger partial charge in [0.15, 0.2) is 5.96 Å². The second-order valence-corrected chi connectivity index (χ2v) is 4.93. The number of rotatable bonds is 5. The molecule has 0 aromatic rings. The molecule has 7 heteroatoms. The molecule has 1 unspecified atom stereocenters. The molecule has 4 nitrogen and oxygen atoms in total. The molecule has 1 aliphatic rings. The van der Waals surface area contributed by atoms with Crippen LogP contribution < -0.4 is 10.6 Å². The first-order valence-corrected chi connectivity index (χ1v) is 6.68. The average molecular weight is 280 g/mol. The molecule has 1 fully saturated rings. The van der Waals surface area contributed by atoms with Crippen molar-refractivity contribution in [3.63, 3.8) is 0 Å². The number of alkyl halides is 3. The minimum absolute atomic E-state index is 0.139. The van der Waals surface area contributed by atoms with E-state index in [2.05, 4.69) is 27.6 Å². The topological polar surface area (TPSA) is 39.7 Å². The number of likely N-dealkylation sites (tertiary alicyclic amines) is 1. The Balaban J connectivity index is 2.33. The minimum Gasteiger partial charge on any atom is -0.357 e. The predicted octanol–water partition coefficient (Wildman–Crippen LogP) is 1.45. The smallest absolute Gasteiger partial charge is 0.357 e. The Hall–Kier alpha value is -0.980. The van der Waals surface area contributed by atoms with Gasteiger partial charge in [-0.05, 0) is 32.9 Å².